The van der Waals surface area contributed by atoms with Crippen molar-refractivity contribution in [3.8, 4) is 11.4 Å². The summed E-state index contributed by atoms with van der Waals surface area (Å²) in [7, 11) is 0. The molecule has 0 saturated heterocycles. The van der Waals surface area contributed by atoms with Crippen LogP contribution >= 0.6 is 11.3 Å². The van der Waals surface area contributed by atoms with Crippen LogP contribution in [0.1, 0.15) is 28.8 Å². The summed E-state index contributed by atoms with van der Waals surface area (Å²) in [5.74, 6) is 1.27. The van der Waals surface area contributed by atoms with Crippen LogP contribution in [-0.4, -0.2) is 9.97 Å². The van der Waals surface area contributed by atoms with Gasteiger partial charge in [-0.2, -0.15) is 0 Å². The lowest BCUT2D eigenvalue weighted by Gasteiger charge is -2.13. The Morgan fingerprint density at radius 3 is 2.50 bits per heavy atom. The minimum Gasteiger partial charge on any atom is -0.383 e. The van der Waals surface area contributed by atoms with Crippen molar-refractivity contribution >= 4 is 27.4 Å². The molecule has 1 fully saturated rings. The van der Waals surface area contributed by atoms with E-state index in [0.29, 0.717) is 11.6 Å². The lowest BCUT2D eigenvalue weighted by molar-refractivity contribution is 0.872. The number of aromatic nitrogens is 2. The van der Waals surface area contributed by atoms with Gasteiger partial charge in [0.2, 0.25) is 0 Å². The second kappa shape index (κ2) is 5.64. The van der Waals surface area contributed by atoms with Gasteiger partial charge in [0.25, 0.3) is 0 Å². The Morgan fingerprint density at radius 2 is 1.77 bits per heavy atom. The molecule has 0 radical (unpaired) electrons. The summed E-state index contributed by atoms with van der Waals surface area (Å²) in [6.07, 6.45) is 2.36. The van der Waals surface area contributed by atoms with Crippen LogP contribution in [0.5, 0.6) is 0 Å². The summed E-state index contributed by atoms with van der Waals surface area (Å²) >= 11 is 1.76. The molecule has 1 saturated carbocycles. The molecule has 2 aromatic heterocycles. The zero-order valence-electron chi connectivity index (χ0n) is 14.6. The number of nitrogens with zero attached hydrogens (tertiary/aromatic N) is 2. The van der Waals surface area contributed by atoms with E-state index in [9.17, 15) is 0 Å². The molecule has 0 bridgehead atoms. The lowest BCUT2D eigenvalue weighted by Crippen LogP contribution is -2.05. The normalized spacial score (nSPS) is 15.3. The molecular formula is C22H19N3S. The van der Waals surface area contributed by atoms with Crippen molar-refractivity contribution in [1.29, 1.82) is 0 Å². The minimum atomic E-state index is 0.141. The maximum atomic E-state index is 6.30. The molecule has 0 atom stereocenters. The van der Waals surface area contributed by atoms with E-state index in [1.54, 1.807) is 11.3 Å². The number of thiophene rings is 1. The van der Waals surface area contributed by atoms with Crippen LogP contribution in [-0.2, 0) is 5.41 Å². The van der Waals surface area contributed by atoms with Gasteiger partial charge in [-0.3, -0.25) is 0 Å². The fourth-order valence-corrected chi connectivity index (χ4v) is 4.96. The topological polar surface area (TPSA) is 51.8 Å². The summed E-state index contributed by atoms with van der Waals surface area (Å²) < 4.78 is 0. The number of aryl methyl sites for hydroxylation is 1. The van der Waals surface area contributed by atoms with E-state index in [0.717, 1.165) is 15.8 Å². The molecule has 1 aliphatic carbocycles. The molecule has 5 rings (SSSR count). The van der Waals surface area contributed by atoms with Gasteiger partial charge in [-0.15, -0.1) is 11.3 Å². The number of hydrogen-bond donors (Lipinski definition) is 1. The van der Waals surface area contributed by atoms with E-state index in [2.05, 4.69) is 60.4 Å². The number of hydrogen-bond acceptors (Lipinski definition) is 4. The summed E-state index contributed by atoms with van der Waals surface area (Å²) in [5.41, 5.74) is 10.0. The number of benzene rings is 2. The Balaban J connectivity index is 1.64. The van der Waals surface area contributed by atoms with E-state index in [-0.39, 0.29) is 5.41 Å². The molecular weight excluding hydrogens is 338 g/mol. The third kappa shape index (κ3) is 2.41. The van der Waals surface area contributed by atoms with Gasteiger partial charge in [-0.1, -0.05) is 54.1 Å². The average molecular weight is 357 g/mol. The summed E-state index contributed by atoms with van der Waals surface area (Å²) in [6.45, 7) is 2.07. The van der Waals surface area contributed by atoms with E-state index in [1.807, 2.05) is 12.1 Å². The Morgan fingerprint density at radius 1 is 0.962 bits per heavy atom. The Labute approximate surface area is 156 Å². The van der Waals surface area contributed by atoms with Gasteiger partial charge in [0.1, 0.15) is 10.6 Å². The van der Waals surface area contributed by atoms with E-state index in [1.165, 1.54) is 28.8 Å². The van der Waals surface area contributed by atoms with Crippen LogP contribution in [0.3, 0.4) is 0 Å². The van der Waals surface area contributed by atoms with Crippen molar-refractivity contribution < 1.29 is 0 Å². The zero-order valence-corrected chi connectivity index (χ0v) is 15.4. The smallest absolute Gasteiger partial charge is 0.163 e. The Bertz CT molecular complexity index is 1110. The van der Waals surface area contributed by atoms with Crippen LogP contribution in [0, 0.1) is 6.92 Å². The van der Waals surface area contributed by atoms with Gasteiger partial charge < -0.3 is 5.73 Å². The largest absolute Gasteiger partial charge is 0.383 e. The minimum absolute atomic E-state index is 0.141. The standard InChI is InChI=1S/C22H19N3S/c1-14-6-5-7-15(12-14)20-24-19(23)17-13-18(26-21(17)25-20)22(10-11-22)16-8-3-2-4-9-16/h2-9,12-13H,10-11H2,1H3,(H2,23,24,25). The summed E-state index contributed by atoms with van der Waals surface area (Å²) in [6, 6.07) is 21.2. The van der Waals surface area contributed by atoms with Gasteiger partial charge in [0, 0.05) is 15.9 Å². The van der Waals surface area contributed by atoms with E-state index >= 15 is 0 Å². The lowest BCUT2D eigenvalue weighted by atomic mass is 9.94. The fourth-order valence-electron chi connectivity index (χ4n) is 3.65. The first-order valence-corrected chi connectivity index (χ1v) is 9.67. The van der Waals surface area contributed by atoms with Crippen molar-refractivity contribution in [2.24, 2.45) is 0 Å². The highest BCUT2D eigenvalue weighted by atomic mass is 32.1. The SMILES string of the molecule is Cc1cccc(-c2nc(N)c3cc(C4(c5ccccc5)CC4)sc3n2)c1. The van der Waals surface area contributed by atoms with Crippen LogP contribution < -0.4 is 5.73 Å². The second-order valence-electron chi connectivity index (χ2n) is 7.08. The molecule has 1 aliphatic rings. The van der Waals surface area contributed by atoms with Gasteiger partial charge in [0.15, 0.2) is 5.82 Å². The highest BCUT2D eigenvalue weighted by Gasteiger charge is 2.47. The van der Waals surface area contributed by atoms with E-state index < -0.39 is 0 Å². The third-order valence-corrected chi connectivity index (χ3v) is 6.48. The molecule has 3 nitrogen and oxygen atoms in total. The molecule has 128 valence electrons. The molecule has 0 unspecified atom stereocenters. The molecule has 0 aliphatic heterocycles. The van der Waals surface area contributed by atoms with Crippen molar-refractivity contribution in [1.82, 2.24) is 9.97 Å². The first-order valence-electron chi connectivity index (χ1n) is 8.86. The van der Waals surface area contributed by atoms with Crippen LogP contribution in [0.2, 0.25) is 0 Å². The van der Waals surface area contributed by atoms with Gasteiger partial charge in [0.05, 0.1) is 5.39 Å². The first-order chi connectivity index (χ1) is 12.7. The predicted molar refractivity (Wildman–Crippen MR) is 108 cm³/mol. The van der Waals surface area contributed by atoms with E-state index in [4.69, 9.17) is 10.7 Å². The first kappa shape index (κ1) is 15.5. The third-order valence-electron chi connectivity index (χ3n) is 5.25. The summed E-state index contributed by atoms with van der Waals surface area (Å²) in [4.78, 5) is 11.7. The molecule has 0 amide bonds. The van der Waals surface area contributed by atoms with Crippen LogP contribution in [0.4, 0.5) is 5.82 Å². The quantitative estimate of drug-likeness (QED) is 0.539. The summed E-state index contributed by atoms with van der Waals surface area (Å²) in [5, 5.41) is 0.976. The van der Waals surface area contributed by atoms with Crippen molar-refractivity contribution in [2.75, 3.05) is 5.73 Å². The highest BCUT2D eigenvalue weighted by molar-refractivity contribution is 7.19. The molecule has 2 N–H and O–H groups in total. The maximum Gasteiger partial charge on any atom is 0.163 e. The maximum absolute atomic E-state index is 6.30. The zero-order chi connectivity index (χ0) is 17.7. The molecule has 2 aromatic carbocycles. The van der Waals surface area contributed by atoms with Gasteiger partial charge in [-0.05, 0) is 37.5 Å². The molecule has 4 heteroatoms. The van der Waals surface area contributed by atoms with Crippen LogP contribution in [0.15, 0.2) is 60.7 Å². The van der Waals surface area contributed by atoms with Crippen molar-refractivity contribution in [3.63, 3.8) is 0 Å². The highest BCUT2D eigenvalue weighted by Crippen LogP contribution is 2.56. The predicted octanol–water partition coefficient (Wildman–Crippen LogP) is 5.33. The van der Waals surface area contributed by atoms with Crippen LogP contribution in [0.25, 0.3) is 21.6 Å². The second-order valence-corrected chi connectivity index (χ2v) is 8.11. The van der Waals surface area contributed by atoms with Gasteiger partial charge in [-0.25, -0.2) is 9.97 Å². The molecule has 26 heavy (non-hydrogen) atoms. The monoisotopic (exact) mass is 357 g/mol. The Hall–Kier alpha value is -2.72. The number of nitrogen functional groups attached to an aromatic ring is 1. The Kier molecular flexibility index (Phi) is 3.37. The molecule has 0 spiro atoms. The number of fused-ring (bicyclic) bond motifs is 1. The number of anilines is 1. The number of nitrogens with two attached hydrogens (primary N) is 1. The van der Waals surface area contributed by atoms with Gasteiger partial charge >= 0.3 is 0 Å². The van der Waals surface area contributed by atoms with Crippen molar-refractivity contribution in [2.45, 2.75) is 25.2 Å². The molecule has 4 aromatic rings. The van der Waals surface area contributed by atoms with Crippen molar-refractivity contribution in [3.05, 3.63) is 76.7 Å². The molecule has 2 heterocycles. The fraction of sp³-hybridized carbons (Fsp3) is 0.182. The average Bonchev–Trinajstić information content (AvgIpc) is 3.35. The number of rotatable bonds is 3.